The molecule has 0 aliphatic rings. The number of para-hydroxylation sites is 1. The maximum atomic E-state index is 13.0. The molecule has 2 heterocycles. The van der Waals surface area contributed by atoms with Crippen molar-refractivity contribution in [3.8, 4) is 28.7 Å². The van der Waals surface area contributed by atoms with Gasteiger partial charge in [-0.1, -0.05) is 24.3 Å². The van der Waals surface area contributed by atoms with Gasteiger partial charge in [0, 0.05) is 25.4 Å². The molecule has 2 aromatic heterocycles. The largest absolute Gasteiger partial charge is 0.497 e. The van der Waals surface area contributed by atoms with Crippen LogP contribution < -0.4 is 14.8 Å². The zero-order valence-electron chi connectivity index (χ0n) is 19.2. The molecule has 0 bridgehead atoms. The molecule has 174 valence electrons. The maximum Gasteiger partial charge on any atom is 0.255 e. The van der Waals surface area contributed by atoms with Crippen molar-refractivity contribution in [2.24, 2.45) is 0 Å². The average Bonchev–Trinajstić information content (AvgIpc) is 3.31. The molecule has 0 saturated carbocycles. The molecule has 0 aliphatic carbocycles. The zero-order valence-corrected chi connectivity index (χ0v) is 19.2. The summed E-state index contributed by atoms with van der Waals surface area (Å²) in [4.78, 5) is 22.0. The fraction of sp³-hybridized carbons (Fsp3) is 0.200. The van der Waals surface area contributed by atoms with Crippen molar-refractivity contribution in [1.29, 1.82) is 0 Å². The number of hydrogen-bond acceptors (Lipinski definition) is 7. The van der Waals surface area contributed by atoms with Crippen LogP contribution in [-0.2, 0) is 17.9 Å². The molecule has 9 nitrogen and oxygen atoms in total. The van der Waals surface area contributed by atoms with Gasteiger partial charge in [0.05, 0.1) is 44.0 Å². The second-order valence-corrected chi connectivity index (χ2v) is 7.32. The van der Waals surface area contributed by atoms with E-state index in [1.165, 1.54) is 10.9 Å². The van der Waals surface area contributed by atoms with E-state index in [1.807, 2.05) is 48.5 Å². The lowest BCUT2D eigenvalue weighted by Gasteiger charge is -2.11. The summed E-state index contributed by atoms with van der Waals surface area (Å²) < 4.78 is 17.5. The van der Waals surface area contributed by atoms with E-state index in [0.29, 0.717) is 35.2 Å². The van der Waals surface area contributed by atoms with Gasteiger partial charge < -0.3 is 19.5 Å². The van der Waals surface area contributed by atoms with E-state index < -0.39 is 0 Å². The van der Waals surface area contributed by atoms with Gasteiger partial charge in [0.25, 0.3) is 11.9 Å². The number of carbonyl (C=O) groups excluding carboxylic acids is 1. The number of hydrogen-bond donors (Lipinski definition) is 1. The third-order valence-corrected chi connectivity index (χ3v) is 5.22. The van der Waals surface area contributed by atoms with Crippen LogP contribution in [0.15, 0.2) is 67.0 Å². The van der Waals surface area contributed by atoms with Gasteiger partial charge in [-0.25, -0.2) is 9.97 Å². The minimum atomic E-state index is -0.269. The van der Waals surface area contributed by atoms with Gasteiger partial charge in [0.15, 0.2) is 0 Å². The van der Waals surface area contributed by atoms with Crippen LogP contribution in [0, 0.1) is 0 Å². The molecule has 1 amide bonds. The highest BCUT2D eigenvalue weighted by Crippen LogP contribution is 2.28. The first kappa shape index (κ1) is 22.9. The maximum absolute atomic E-state index is 13.0. The number of benzene rings is 2. The topological polar surface area (TPSA) is 100 Å². The van der Waals surface area contributed by atoms with Crippen molar-refractivity contribution < 1.29 is 19.0 Å². The smallest absolute Gasteiger partial charge is 0.255 e. The van der Waals surface area contributed by atoms with Gasteiger partial charge in [-0.15, -0.1) is 0 Å². The molecule has 0 radical (unpaired) electrons. The van der Waals surface area contributed by atoms with E-state index in [4.69, 9.17) is 14.2 Å². The van der Waals surface area contributed by atoms with Crippen LogP contribution in [0.4, 0.5) is 0 Å². The molecule has 0 spiro atoms. The lowest BCUT2D eigenvalue weighted by molar-refractivity contribution is 0.0945. The number of aromatic nitrogens is 4. The standard InChI is InChI=1S/C25H25N5O4/c1-32-16-22-20(24(31)27-14-17-8-10-18(33-2)11-9-17)15-28-30(22)25-26-13-12-21(29-25)19-6-4-5-7-23(19)34-3/h4-13,15H,14,16H2,1-3H3,(H,27,31). The molecule has 9 heteroatoms. The van der Waals surface area contributed by atoms with Gasteiger partial charge in [-0.3, -0.25) is 4.79 Å². The Hall–Kier alpha value is -4.24. The molecule has 0 fully saturated rings. The van der Waals surface area contributed by atoms with Gasteiger partial charge >= 0.3 is 0 Å². The van der Waals surface area contributed by atoms with Crippen molar-refractivity contribution in [3.05, 3.63) is 83.8 Å². The molecule has 0 aliphatic heterocycles. The second-order valence-electron chi connectivity index (χ2n) is 7.32. The predicted octanol–water partition coefficient (Wildman–Crippen LogP) is 3.42. The number of nitrogens with zero attached hydrogens (tertiary/aromatic N) is 4. The van der Waals surface area contributed by atoms with Crippen molar-refractivity contribution in [2.45, 2.75) is 13.2 Å². The van der Waals surface area contributed by atoms with Crippen LogP contribution in [0.3, 0.4) is 0 Å². The van der Waals surface area contributed by atoms with Crippen LogP contribution in [0.2, 0.25) is 0 Å². The SMILES string of the molecule is COCc1c(C(=O)NCc2ccc(OC)cc2)cnn1-c1nccc(-c2ccccc2OC)n1. The normalized spacial score (nSPS) is 10.7. The molecule has 1 N–H and O–H groups in total. The third kappa shape index (κ3) is 4.89. The van der Waals surface area contributed by atoms with Crippen molar-refractivity contribution in [2.75, 3.05) is 21.3 Å². The molecular weight excluding hydrogens is 434 g/mol. The fourth-order valence-electron chi connectivity index (χ4n) is 3.49. The van der Waals surface area contributed by atoms with E-state index >= 15 is 0 Å². The monoisotopic (exact) mass is 459 g/mol. The molecule has 34 heavy (non-hydrogen) atoms. The van der Waals surface area contributed by atoms with E-state index in [2.05, 4.69) is 20.4 Å². The highest BCUT2D eigenvalue weighted by atomic mass is 16.5. The van der Waals surface area contributed by atoms with Crippen LogP contribution in [0.5, 0.6) is 11.5 Å². The van der Waals surface area contributed by atoms with Gasteiger partial charge in [0.2, 0.25) is 0 Å². The second kappa shape index (κ2) is 10.6. The van der Waals surface area contributed by atoms with E-state index in [-0.39, 0.29) is 12.5 Å². The average molecular weight is 460 g/mol. The molecule has 2 aromatic carbocycles. The molecule has 4 rings (SSSR count). The third-order valence-electron chi connectivity index (χ3n) is 5.22. The number of ether oxygens (including phenoxy) is 3. The number of carbonyl (C=O) groups is 1. The zero-order chi connectivity index (χ0) is 23.9. The molecular formula is C25H25N5O4. The van der Waals surface area contributed by atoms with Crippen LogP contribution in [-0.4, -0.2) is 47.0 Å². The Balaban J connectivity index is 1.60. The van der Waals surface area contributed by atoms with Crippen LogP contribution in [0.1, 0.15) is 21.6 Å². The lowest BCUT2D eigenvalue weighted by atomic mass is 10.1. The van der Waals surface area contributed by atoms with Gasteiger partial charge in [-0.2, -0.15) is 9.78 Å². The lowest BCUT2D eigenvalue weighted by Crippen LogP contribution is -2.24. The van der Waals surface area contributed by atoms with E-state index in [0.717, 1.165) is 16.9 Å². The van der Waals surface area contributed by atoms with Gasteiger partial charge in [-0.05, 0) is 35.9 Å². The highest BCUT2D eigenvalue weighted by Gasteiger charge is 2.20. The van der Waals surface area contributed by atoms with Crippen molar-refractivity contribution in [1.82, 2.24) is 25.1 Å². The Bertz CT molecular complexity index is 1270. The highest BCUT2D eigenvalue weighted by molar-refractivity contribution is 5.95. The Morgan fingerprint density at radius 2 is 1.79 bits per heavy atom. The van der Waals surface area contributed by atoms with Gasteiger partial charge in [0.1, 0.15) is 11.5 Å². The number of methoxy groups -OCH3 is 3. The Morgan fingerprint density at radius 3 is 2.53 bits per heavy atom. The molecule has 4 aromatic rings. The minimum absolute atomic E-state index is 0.160. The van der Waals surface area contributed by atoms with Crippen LogP contribution in [0.25, 0.3) is 17.2 Å². The quantitative estimate of drug-likeness (QED) is 0.409. The number of amides is 1. The molecule has 0 saturated heterocycles. The summed E-state index contributed by atoms with van der Waals surface area (Å²) in [5, 5.41) is 7.31. The summed E-state index contributed by atoms with van der Waals surface area (Å²) in [6.45, 7) is 0.522. The summed E-state index contributed by atoms with van der Waals surface area (Å²) in [5.74, 6) is 1.51. The Kier molecular flexibility index (Phi) is 7.14. The predicted molar refractivity (Wildman–Crippen MR) is 126 cm³/mol. The molecule has 0 atom stereocenters. The number of nitrogens with one attached hydrogen (secondary N) is 1. The first-order chi connectivity index (χ1) is 16.6. The summed E-state index contributed by atoms with van der Waals surface area (Å²) >= 11 is 0. The molecule has 0 unspecified atom stereocenters. The summed E-state index contributed by atoms with van der Waals surface area (Å²) in [5.41, 5.74) is 3.38. The van der Waals surface area contributed by atoms with Crippen molar-refractivity contribution in [3.63, 3.8) is 0 Å². The van der Waals surface area contributed by atoms with Crippen molar-refractivity contribution >= 4 is 5.91 Å². The fourth-order valence-corrected chi connectivity index (χ4v) is 3.49. The first-order valence-electron chi connectivity index (χ1n) is 10.6. The Morgan fingerprint density at radius 1 is 1.00 bits per heavy atom. The van der Waals surface area contributed by atoms with E-state index in [9.17, 15) is 4.79 Å². The summed E-state index contributed by atoms with van der Waals surface area (Å²) in [6, 6.07) is 16.9. The van der Waals surface area contributed by atoms with Crippen LogP contribution >= 0.6 is 0 Å². The summed E-state index contributed by atoms with van der Waals surface area (Å²) in [7, 11) is 4.78. The first-order valence-corrected chi connectivity index (χ1v) is 10.6. The summed E-state index contributed by atoms with van der Waals surface area (Å²) in [6.07, 6.45) is 3.14. The van der Waals surface area contributed by atoms with E-state index in [1.54, 1.807) is 33.6 Å². The minimum Gasteiger partial charge on any atom is -0.497 e. The number of rotatable bonds is 9. The Labute approximate surface area is 197 Å².